The minimum absolute atomic E-state index is 0.0513. The predicted molar refractivity (Wildman–Crippen MR) is 94.1 cm³/mol. The number of rotatable bonds is 4. The number of piperazine rings is 1. The van der Waals surface area contributed by atoms with Crippen molar-refractivity contribution in [2.24, 2.45) is 5.92 Å². The first-order valence-electron chi connectivity index (χ1n) is 8.58. The van der Waals surface area contributed by atoms with Gasteiger partial charge >= 0.3 is 0 Å². The maximum atomic E-state index is 12.9. The molecule has 3 rings (SSSR count). The molecule has 0 aromatic heterocycles. The molecule has 0 bridgehead atoms. The molecule has 0 aliphatic carbocycles. The summed E-state index contributed by atoms with van der Waals surface area (Å²) in [5.41, 5.74) is 0.678. The lowest BCUT2D eigenvalue weighted by molar-refractivity contribution is -0.138. The van der Waals surface area contributed by atoms with Crippen LogP contribution in [0.5, 0.6) is 11.5 Å². The normalized spacial score (nSPS) is 23.7. The van der Waals surface area contributed by atoms with Crippen LogP contribution in [-0.2, 0) is 9.59 Å². The molecule has 2 fully saturated rings. The van der Waals surface area contributed by atoms with E-state index in [4.69, 9.17) is 9.47 Å². The molecule has 25 heavy (non-hydrogen) atoms. The minimum Gasteiger partial charge on any atom is -0.497 e. The molecule has 2 atom stereocenters. The third kappa shape index (κ3) is 3.42. The van der Waals surface area contributed by atoms with Crippen molar-refractivity contribution < 1.29 is 19.1 Å². The smallest absolute Gasteiger partial charge is 0.228 e. The number of methoxy groups -OCH3 is 2. The van der Waals surface area contributed by atoms with Gasteiger partial charge < -0.3 is 24.6 Å². The van der Waals surface area contributed by atoms with E-state index >= 15 is 0 Å². The Morgan fingerprint density at radius 1 is 1.28 bits per heavy atom. The summed E-state index contributed by atoms with van der Waals surface area (Å²) in [6, 6.07) is 5.49. The van der Waals surface area contributed by atoms with Gasteiger partial charge in [-0.2, -0.15) is 0 Å². The summed E-state index contributed by atoms with van der Waals surface area (Å²) in [5.74, 6) is 0.938. The molecular formula is C18H25N3O4. The molecule has 1 aromatic carbocycles. The van der Waals surface area contributed by atoms with E-state index in [-0.39, 0.29) is 30.2 Å². The largest absolute Gasteiger partial charge is 0.497 e. The lowest BCUT2D eigenvalue weighted by atomic mass is 10.1. The van der Waals surface area contributed by atoms with Crippen molar-refractivity contribution in [3.63, 3.8) is 0 Å². The van der Waals surface area contributed by atoms with Crippen LogP contribution in [0.4, 0.5) is 5.69 Å². The highest BCUT2D eigenvalue weighted by molar-refractivity contribution is 6.01. The number of ether oxygens (including phenoxy) is 2. The topological polar surface area (TPSA) is 71.1 Å². The minimum atomic E-state index is -0.306. The molecule has 0 radical (unpaired) electrons. The number of hydrogen-bond donors (Lipinski definition) is 1. The van der Waals surface area contributed by atoms with E-state index in [2.05, 4.69) is 5.32 Å². The van der Waals surface area contributed by atoms with E-state index < -0.39 is 0 Å². The monoisotopic (exact) mass is 347 g/mol. The zero-order chi connectivity index (χ0) is 18.0. The molecule has 2 heterocycles. The summed E-state index contributed by atoms with van der Waals surface area (Å²) in [5, 5.41) is 3.28. The van der Waals surface area contributed by atoms with Crippen molar-refractivity contribution in [2.75, 3.05) is 45.3 Å². The standard InChI is InChI=1S/C18H25N3O4/c1-12-10-19-6-7-20(12)18(23)13-8-17(22)21(11-13)15-5-4-14(24-2)9-16(15)25-3/h4-5,9,12-13,19H,6-8,10-11H2,1-3H3/t12-,13?/m0/s1. The van der Waals surface area contributed by atoms with Crippen molar-refractivity contribution in [1.82, 2.24) is 10.2 Å². The van der Waals surface area contributed by atoms with E-state index in [1.807, 2.05) is 11.8 Å². The van der Waals surface area contributed by atoms with Crippen LogP contribution in [0.15, 0.2) is 18.2 Å². The van der Waals surface area contributed by atoms with Gasteiger partial charge in [0.15, 0.2) is 0 Å². The number of anilines is 1. The highest BCUT2D eigenvalue weighted by Crippen LogP contribution is 2.36. The quantitative estimate of drug-likeness (QED) is 0.875. The SMILES string of the molecule is COc1ccc(N2CC(C(=O)N3CCNC[C@@H]3C)CC2=O)c(OC)c1. The Bertz CT molecular complexity index is 664. The van der Waals surface area contributed by atoms with Crippen molar-refractivity contribution in [1.29, 1.82) is 0 Å². The highest BCUT2D eigenvalue weighted by Gasteiger charge is 2.39. The number of hydrogen-bond acceptors (Lipinski definition) is 5. The highest BCUT2D eigenvalue weighted by atomic mass is 16.5. The van der Waals surface area contributed by atoms with Crippen molar-refractivity contribution in [2.45, 2.75) is 19.4 Å². The molecule has 7 nitrogen and oxygen atoms in total. The summed E-state index contributed by atoms with van der Waals surface area (Å²) >= 11 is 0. The molecule has 2 aliphatic rings. The molecule has 7 heteroatoms. The Kier molecular flexibility index (Phi) is 5.13. The fraction of sp³-hybridized carbons (Fsp3) is 0.556. The molecular weight excluding hydrogens is 322 g/mol. The van der Waals surface area contributed by atoms with Crippen molar-refractivity contribution >= 4 is 17.5 Å². The molecule has 1 aromatic rings. The van der Waals surface area contributed by atoms with Crippen LogP contribution in [0.25, 0.3) is 0 Å². The van der Waals surface area contributed by atoms with Gasteiger partial charge in [0.25, 0.3) is 0 Å². The van der Waals surface area contributed by atoms with Crippen LogP contribution < -0.4 is 19.7 Å². The van der Waals surface area contributed by atoms with Gasteiger partial charge in [-0.05, 0) is 19.1 Å². The number of nitrogens with one attached hydrogen (secondary N) is 1. The Hall–Kier alpha value is -2.28. The van der Waals surface area contributed by atoms with Crippen molar-refractivity contribution in [3.05, 3.63) is 18.2 Å². The number of benzene rings is 1. The predicted octanol–water partition coefficient (Wildman–Crippen LogP) is 0.877. The van der Waals surface area contributed by atoms with Crippen molar-refractivity contribution in [3.8, 4) is 11.5 Å². The summed E-state index contributed by atoms with van der Waals surface area (Å²) in [7, 11) is 3.14. The van der Waals surface area contributed by atoms with Crippen LogP contribution in [-0.4, -0.2) is 63.2 Å². The Morgan fingerprint density at radius 2 is 2.08 bits per heavy atom. The Labute approximate surface area is 147 Å². The Morgan fingerprint density at radius 3 is 2.76 bits per heavy atom. The van der Waals surface area contributed by atoms with Gasteiger partial charge in [-0.1, -0.05) is 0 Å². The first-order valence-corrected chi connectivity index (χ1v) is 8.58. The second-order valence-corrected chi connectivity index (χ2v) is 6.53. The maximum Gasteiger partial charge on any atom is 0.228 e. The van der Waals surface area contributed by atoms with Gasteiger partial charge in [0.05, 0.1) is 25.8 Å². The van der Waals surface area contributed by atoms with E-state index in [0.717, 1.165) is 13.1 Å². The number of carbonyl (C=O) groups excluding carboxylic acids is 2. The zero-order valence-electron chi connectivity index (χ0n) is 14.9. The van der Waals surface area contributed by atoms with Crippen LogP contribution >= 0.6 is 0 Å². The van der Waals surface area contributed by atoms with E-state index in [1.54, 1.807) is 37.3 Å². The molecule has 136 valence electrons. The van der Waals surface area contributed by atoms with Crippen LogP contribution in [0.1, 0.15) is 13.3 Å². The van der Waals surface area contributed by atoms with Crippen LogP contribution in [0, 0.1) is 5.92 Å². The first kappa shape index (κ1) is 17.5. The zero-order valence-corrected chi connectivity index (χ0v) is 14.9. The molecule has 0 saturated carbocycles. The summed E-state index contributed by atoms with van der Waals surface area (Å²) in [6.07, 6.45) is 0.241. The summed E-state index contributed by atoms with van der Waals surface area (Å²) < 4.78 is 10.6. The average Bonchev–Trinajstić information content (AvgIpc) is 3.02. The fourth-order valence-corrected chi connectivity index (χ4v) is 3.52. The molecule has 2 saturated heterocycles. The molecule has 2 aliphatic heterocycles. The van der Waals surface area contributed by atoms with E-state index in [1.165, 1.54) is 0 Å². The number of carbonyl (C=O) groups is 2. The molecule has 1 N–H and O–H groups in total. The lowest BCUT2D eigenvalue weighted by Gasteiger charge is -2.35. The number of amides is 2. The second-order valence-electron chi connectivity index (χ2n) is 6.53. The molecule has 0 spiro atoms. The van der Waals surface area contributed by atoms with E-state index in [9.17, 15) is 9.59 Å². The first-order chi connectivity index (χ1) is 12.0. The lowest BCUT2D eigenvalue weighted by Crippen LogP contribution is -2.54. The van der Waals surface area contributed by atoms with Crippen LogP contribution in [0.3, 0.4) is 0 Å². The van der Waals surface area contributed by atoms with Gasteiger partial charge in [-0.25, -0.2) is 0 Å². The van der Waals surface area contributed by atoms with Gasteiger partial charge in [0, 0.05) is 44.7 Å². The number of nitrogens with zero attached hydrogens (tertiary/aromatic N) is 2. The van der Waals surface area contributed by atoms with Gasteiger partial charge in [0.2, 0.25) is 11.8 Å². The molecule has 1 unspecified atom stereocenters. The third-order valence-corrected chi connectivity index (χ3v) is 4.94. The van der Waals surface area contributed by atoms with Crippen LogP contribution in [0.2, 0.25) is 0 Å². The van der Waals surface area contributed by atoms with E-state index in [0.29, 0.717) is 30.3 Å². The second kappa shape index (κ2) is 7.31. The summed E-state index contributed by atoms with van der Waals surface area (Å²) in [6.45, 7) is 4.70. The van der Waals surface area contributed by atoms with Gasteiger partial charge in [-0.3, -0.25) is 9.59 Å². The summed E-state index contributed by atoms with van der Waals surface area (Å²) in [4.78, 5) is 28.9. The van der Waals surface area contributed by atoms with Gasteiger partial charge in [0.1, 0.15) is 11.5 Å². The molecule has 2 amide bonds. The maximum absolute atomic E-state index is 12.9. The average molecular weight is 347 g/mol. The van der Waals surface area contributed by atoms with Gasteiger partial charge in [-0.15, -0.1) is 0 Å². The Balaban J connectivity index is 1.77. The third-order valence-electron chi connectivity index (χ3n) is 4.94. The fourth-order valence-electron chi connectivity index (χ4n) is 3.52.